The number of fused-ring (bicyclic) bond motifs is 1. The molecule has 2 atom stereocenters. The van der Waals surface area contributed by atoms with Crippen LogP contribution in [0.15, 0.2) is 22.6 Å². The molecule has 1 aliphatic rings. The minimum atomic E-state index is -4.30. The first kappa shape index (κ1) is 25.7. The fraction of sp³-hybridized carbons (Fsp3) is 0.542. The molecule has 2 heterocycles. The Labute approximate surface area is 197 Å². The number of nitrogens with zero attached hydrogens (tertiary/aromatic N) is 3. The maximum atomic E-state index is 12.7. The zero-order valence-electron chi connectivity index (χ0n) is 20.3. The van der Waals surface area contributed by atoms with E-state index in [-0.39, 0.29) is 5.41 Å². The van der Waals surface area contributed by atoms with Gasteiger partial charge in [-0.2, -0.15) is 13.2 Å². The molecule has 0 bridgehead atoms. The molecule has 186 valence electrons. The highest BCUT2D eigenvalue weighted by Gasteiger charge is 2.29. The van der Waals surface area contributed by atoms with Gasteiger partial charge in [0.2, 0.25) is 0 Å². The van der Waals surface area contributed by atoms with E-state index in [0.29, 0.717) is 40.8 Å². The molecule has 34 heavy (non-hydrogen) atoms. The number of hydrogen-bond acceptors (Lipinski definition) is 7. The van der Waals surface area contributed by atoms with Crippen LogP contribution in [0.25, 0.3) is 22.5 Å². The van der Waals surface area contributed by atoms with Gasteiger partial charge in [0.15, 0.2) is 0 Å². The van der Waals surface area contributed by atoms with E-state index in [9.17, 15) is 13.2 Å². The van der Waals surface area contributed by atoms with Crippen molar-refractivity contribution < 1.29 is 22.7 Å². The summed E-state index contributed by atoms with van der Waals surface area (Å²) >= 11 is 0. The molecule has 1 fully saturated rings. The van der Waals surface area contributed by atoms with E-state index in [1.165, 1.54) is 6.42 Å². The third-order valence-electron chi connectivity index (χ3n) is 5.99. The monoisotopic (exact) mass is 479 g/mol. The summed E-state index contributed by atoms with van der Waals surface area (Å²) in [7, 11) is 1.00. The number of halogens is 3. The van der Waals surface area contributed by atoms with Crippen LogP contribution in [0.3, 0.4) is 0 Å². The average Bonchev–Trinajstić information content (AvgIpc) is 3.24. The van der Waals surface area contributed by atoms with Crippen LogP contribution in [0.1, 0.15) is 51.7 Å². The summed E-state index contributed by atoms with van der Waals surface area (Å²) in [5.41, 5.74) is 3.03. The Bertz CT molecular complexity index is 1140. The lowest BCUT2D eigenvalue weighted by atomic mass is 9.81. The van der Waals surface area contributed by atoms with Crippen LogP contribution >= 0.6 is 0 Å². The Hall–Kier alpha value is -2.88. The minimum Gasteiger partial charge on any atom is -0.402 e. The number of pyridine rings is 1. The van der Waals surface area contributed by atoms with Crippen molar-refractivity contribution in [3.63, 3.8) is 0 Å². The number of rotatable bonds is 5. The summed E-state index contributed by atoms with van der Waals surface area (Å²) in [5, 5.41) is 21.8. The van der Waals surface area contributed by atoms with Gasteiger partial charge in [0.05, 0.1) is 5.52 Å². The summed E-state index contributed by atoms with van der Waals surface area (Å²) in [4.78, 5) is 4.79. The molecule has 7 nitrogen and oxygen atoms in total. The number of aromatic nitrogens is 3. The van der Waals surface area contributed by atoms with Crippen molar-refractivity contribution in [1.82, 2.24) is 15.2 Å². The molecule has 3 aromatic rings. The Morgan fingerprint density at radius 1 is 1.09 bits per heavy atom. The third kappa shape index (κ3) is 5.78. The van der Waals surface area contributed by atoms with Crippen molar-refractivity contribution in [3.8, 4) is 11.6 Å². The van der Waals surface area contributed by atoms with Crippen molar-refractivity contribution in [3.05, 3.63) is 29.3 Å². The number of aliphatic hydroxyl groups is 1. The van der Waals surface area contributed by atoms with Gasteiger partial charge >= 0.3 is 12.2 Å². The first-order valence-electron chi connectivity index (χ1n) is 11.2. The van der Waals surface area contributed by atoms with Crippen LogP contribution in [-0.2, 0) is 5.41 Å². The Morgan fingerprint density at radius 2 is 1.79 bits per heavy atom. The summed E-state index contributed by atoms with van der Waals surface area (Å²) in [6.07, 6.45) is -2.04. The van der Waals surface area contributed by atoms with Gasteiger partial charge in [-0.05, 0) is 60.4 Å². The minimum absolute atomic E-state index is 0.309. The summed E-state index contributed by atoms with van der Waals surface area (Å²) in [6.45, 7) is 9.01. The molecule has 0 aliphatic heterocycles. The largest absolute Gasteiger partial charge is 0.405 e. The van der Waals surface area contributed by atoms with Crippen LogP contribution in [0, 0.1) is 12.8 Å². The van der Waals surface area contributed by atoms with Gasteiger partial charge in [-0.15, -0.1) is 5.10 Å². The summed E-state index contributed by atoms with van der Waals surface area (Å²) < 4.78 is 44.0. The Kier molecular flexibility index (Phi) is 7.40. The predicted octanol–water partition coefficient (Wildman–Crippen LogP) is 5.68. The fourth-order valence-corrected chi connectivity index (χ4v) is 3.90. The molecule has 1 saturated carbocycles. The molecule has 4 rings (SSSR count). The van der Waals surface area contributed by atoms with E-state index in [2.05, 4.69) is 27.8 Å². The van der Waals surface area contributed by atoms with Crippen LogP contribution in [-0.4, -0.2) is 46.2 Å². The van der Waals surface area contributed by atoms with Crippen molar-refractivity contribution in [2.24, 2.45) is 5.92 Å². The average molecular weight is 480 g/mol. The number of nitrogens with one attached hydrogen (secondary N) is 2. The lowest BCUT2D eigenvalue weighted by molar-refractivity contribution is -0.115. The normalized spacial score (nSPS) is 18.2. The van der Waals surface area contributed by atoms with Gasteiger partial charge in [0.25, 0.3) is 5.89 Å². The molecule has 0 radical (unpaired) electrons. The van der Waals surface area contributed by atoms with Gasteiger partial charge in [-0.25, -0.2) is 4.98 Å². The van der Waals surface area contributed by atoms with E-state index < -0.39 is 12.7 Å². The highest BCUT2D eigenvalue weighted by atomic mass is 19.4. The molecular weight excluding hydrogens is 447 g/mol. The van der Waals surface area contributed by atoms with Crippen molar-refractivity contribution >= 4 is 22.6 Å². The zero-order chi connectivity index (χ0) is 25.3. The number of aliphatic hydroxyl groups excluding tert-OH is 1. The van der Waals surface area contributed by atoms with E-state index >= 15 is 0 Å². The predicted molar refractivity (Wildman–Crippen MR) is 127 cm³/mol. The molecule has 3 N–H and O–H groups in total. The second kappa shape index (κ2) is 9.77. The van der Waals surface area contributed by atoms with Gasteiger partial charge in [-0.3, -0.25) is 0 Å². The van der Waals surface area contributed by atoms with Crippen molar-refractivity contribution in [2.75, 3.05) is 24.3 Å². The van der Waals surface area contributed by atoms with Crippen LogP contribution in [0.5, 0.6) is 0 Å². The quantitative estimate of drug-likeness (QED) is 0.433. The highest BCUT2D eigenvalue weighted by Crippen LogP contribution is 2.36. The zero-order valence-corrected chi connectivity index (χ0v) is 20.3. The first-order valence-corrected chi connectivity index (χ1v) is 11.2. The standard InChI is InChI=1S/C23H28F3N5O.CH4O/c1-12-6-7-17(12)29-21-31-30-20(32-21)18-8-13(2)15-9-14(27-11-23(24,25)26)10-16(19(15)28-18)22(3,4)5;1-2/h8-10,12,17,27H,6-7,11H2,1-5H3,(H,29,31);2H,1H3. The maximum Gasteiger partial charge on any atom is 0.405 e. The smallest absolute Gasteiger partial charge is 0.402 e. The van der Waals surface area contributed by atoms with E-state index in [1.54, 1.807) is 12.1 Å². The van der Waals surface area contributed by atoms with Crippen molar-refractivity contribution in [1.29, 1.82) is 0 Å². The van der Waals surface area contributed by atoms with Crippen LogP contribution < -0.4 is 10.6 Å². The van der Waals surface area contributed by atoms with E-state index in [0.717, 1.165) is 30.0 Å². The second-order valence-corrected chi connectivity index (χ2v) is 9.68. The van der Waals surface area contributed by atoms with Gasteiger partial charge in [0, 0.05) is 24.2 Å². The number of hydrogen-bond donors (Lipinski definition) is 3. The summed E-state index contributed by atoms with van der Waals surface area (Å²) in [5.74, 6) is 0.879. The molecule has 2 aromatic heterocycles. The molecular formula is C24H32F3N5O2. The molecule has 1 aliphatic carbocycles. The molecule has 10 heteroatoms. The number of alkyl halides is 3. The molecule has 0 spiro atoms. The van der Waals surface area contributed by atoms with Crippen LogP contribution in [0.4, 0.5) is 24.9 Å². The van der Waals surface area contributed by atoms with Crippen molar-refractivity contribution in [2.45, 2.75) is 65.1 Å². The third-order valence-corrected chi connectivity index (χ3v) is 5.99. The lowest BCUT2D eigenvalue weighted by Gasteiger charge is -2.33. The molecule has 2 unspecified atom stereocenters. The van der Waals surface area contributed by atoms with Gasteiger partial charge in [-0.1, -0.05) is 32.8 Å². The summed E-state index contributed by atoms with van der Waals surface area (Å²) in [6, 6.07) is 5.99. The molecule has 0 amide bonds. The second-order valence-electron chi connectivity index (χ2n) is 9.68. The number of aryl methyl sites for hydroxylation is 1. The lowest BCUT2D eigenvalue weighted by Crippen LogP contribution is -2.36. The topological polar surface area (TPSA) is 96.1 Å². The Balaban J connectivity index is 0.00000158. The fourth-order valence-electron chi connectivity index (χ4n) is 3.90. The molecule has 1 aromatic carbocycles. The van der Waals surface area contributed by atoms with E-state index in [1.807, 2.05) is 33.8 Å². The highest BCUT2D eigenvalue weighted by molar-refractivity contribution is 5.90. The van der Waals surface area contributed by atoms with E-state index in [4.69, 9.17) is 14.5 Å². The first-order chi connectivity index (χ1) is 15.9. The Morgan fingerprint density at radius 3 is 2.35 bits per heavy atom. The number of benzene rings is 1. The molecule has 0 saturated heterocycles. The van der Waals surface area contributed by atoms with Crippen LogP contribution in [0.2, 0.25) is 0 Å². The van der Waals surface area contributed by atoms with Gasteiger partial charge in [0.1, 0.15) is 12.2 Å². The number of anilines is 2. The SMILES string of the molecule is CO.Cc1cc(-c2nnc(NC3CCC3C)o2)nc2c(C(C)(C)C)cc(NCC(F)(F)F)cc12. The van der Waals surface area contributed by atoms with Gasteiger partial charge < -0.3 is 20.2 Å². The maximum absolute atomic E-state index is 12.7.